The molecule has 13 heavy (non-hydrogen) atoms. The molecular formula is C8H10ClNO3. The number of nitrogens with two attached hydrogens (primary N) is 1. The Balaban J connectivity index is 0.00000144. The Labute approximate surface area is 81.7 Å². The summed E-state index contributed by atoms with van der Waals surface area (Å²) in [7, 11) is 0. The minimum absolute atomic E-state index is 0. The molecule has 0 aromatic heterocycles. The van der Waals surface area contributed by atoms with E-state index in [0.29, 0.717) is 0 Å². The number of aromatic carboxylic acids is 1. The SMILES string of the molecule is Cl.NOCc1cccc(C(=O)O)c1. The zero-order valence-corrected chi connectivity index (χ0v) is 7.58. The van der Waals surface area contributed by atoms with Crippen molar-refractivity contribution in [3.05, 3.63) is 35.4 Å². The molecule has 0 amide bonds. The van der Waals surface area contributed by atoms with Crippen LogP contribution in [0.4, 0.5) is 0 Å². The van der Waals surface area contributed by atoms with Gasteiger partial charge in [0.25, 0.3) is 0 Å². The van der Waals surface area contributed by atoms with Crippen LogP contribution in [-0.4, -0.2) is 11.1 Å². The summed E-state index contributed by atoms with van der Waals surface area (Å²) in [4.78, 5) is 14.9. The van der Waals surface area contributed by atoms with Crippen molar-refractivity contribution in [2.24, 2.45) is 5.90 Å². The van der Waals surface area contributed by atoms with Crippen molar-refractivity contribution in [3.8, 4) is 0 Å². The van der Waals surface area contributed by atoms with Gasteiger partial charge in [-0.25, -0.2) is 10.7 Å². The highest BCUT2D eigenvalue weighted by atomic mass is 35.5. The van der Waals surface area contributed by atoms with Gasteiger partial charge in [0.15, 0.2) is 0 Å². The van der Waals surface area contributed by atoms with Crippen molar-refractivity contribution in [2.45, 2.75) is 6.61 Å². The van der Waals surface area contributed by atoms with Crippen LogP contribution >= 0.6 is 12.4 Å². The maximum absolute atomic E-state index is 10.5. The first-order valence-electron chi connectivity index (χ1n) is 3.38. The summed E-state index contributed by atoms with van der Waals surface area (Å²) in [6, 6.07) is 6.44. The minimum atomic E-state index is -0.950. The number of rotatable bonds is 3. The van der Waals surface area contributed by atoms with Gasteiger partial charge in [0.2, 0.25) is 0 Å². The fraction of sp³-hybridized carbons (Fsp3) is 0.125. The van der Waals surface area contributed by atoms with E-state index in [9.17, 15) is 4.79 Å². The van der Waals surface area contributed by atoms with Crippen molar-refractivity contribution >= 4 is 18.4 Å². The van der Waals surface area contributed by atoms with Crippen molar-refractivity contribution in [3.63, 3.8) is 0 Å². The molecule has 0 aliphatic rings. The maximum atomic E-state index is 10.5. The second kappa shape index (κ2) is 5.53. The molecule has 0 saturated heterocycles. The fourth-order valence-electron chi connectivity index (χ4n) is 0.890. The number of carboxylic acid groups (broad SMARTS) is 1. The molecular weight excluding hydrogens is 194 g/mol. The van der Waals surface area contributed by atoms with Crippen molar-refractivity contribution in [1.29, 1.82) is 0 Å². The smallest absolute Gasteiger partial charge is 0.335 e. The Bertz CT molecular complexity index is 290. The number of benzene rings is 1. The maximum Gasteiger partial charge on any atom is 0.335 e. The lowest BCUT2D eigenvalue weighted by atomic mass is 10.1. The van der Waals surface area contributed by atoms with E-state index in [4.69, 9.17) is 11.0 Å². The van der Waals surface area contributed by atoms with Crippen LogP contribution in [0.2, 0.25) is 0 Å². The van der Waals surface area contributed by atoms with Gasteiger partial charge in [0.05, 0.1) is 12.2 Å². The van der Waals surface area contributed by atoms with Crippen molar-refractivity contribution in [2.75, 3.05) is 0 Å². The third-order valence-corrected chi connectivity index (χ3v) is 1.42. The highest BCUT2D eigenvalue weighted by Gasteiger charge is 2.02. The summed E-state index contributed by atoms with van der Waals surface area (Å²) in [5, 5.41) is 8.61. The predicted molar refractivity (Wildman–Crippen MR) is 49.6 cm³/mol. The Morgan fingerprint density at radius 2 is 2.23 bits per heavy atom. The molecule has 0 bridgehead atoms. The molecule has 0 spiro atoms. The molecule has 5 heteroatoms. The molecule has 0 fully saturated rings. The number of carbonyl (C=O) groups is 1. The molecule has 0 saturated carbocycles. The molecule has 0 aliphatic heterocycles. The summed E-state index contributed by atoms with van der Waals surface area (Å²) in [5.74, 6) is 3.89. The summed E-state index contributed by atoms with van der Waals surface area (Å²) in [5.41, 5.74) is 0.988. The van der Waals surface area contributed by atoms with E-state index in [1.54, 1.807) is 12.1 Å². The lowest BCUT2D eigenvalue weighted by Crippen LogP contribution is -2.01. The highest BCUT2D eigenvalue weighted by Crippen LogP contribution is 2.05. The quantitative estimate of drug-likeness (QED) is 0.724. The first kappa shape index (κ1) is 11.9. The molecule has 1 aromatic carbocycles. The second-order valence-corrected chi connectivity index (χ2v) is 2.32. The number of hydrogen-bond donors (Lipinski definition) is 2. The Morgan fingerprint density at radius 3 is 2.77 bits per heavy atom. The van der Waals surface area contributed by atoms with E-state index in [1.807, 2.05) is 0 Å². The van der Waals surface area contributed by atoms with Gasteiger partial charge < -0.3 is 5.11 Å². The molecule has 0 heterocycles. The molecule has 1 aromatic rings. The largest absolute Gasteiger partial charge is 0.478 e. The van der Waals surface area contributed by atoms with Crippen LogP contribution in [0.25, 0.3) is 0 Å². The third kappa shape index (κ3) is 3.42. The zero-order valence-electron chi connectivity index (χ0n) is 6.77. The van der Waals surface area contributed by atoms with E-state index in [1.165, 1.54) is 12.1 Å². The van der Waals surface area contributed by atoms with Gasteiger partial charge >= 0.3 is 5.97 Å². The van der Waals surface area contributed by atoms with E-state index < -0.39 is 5.97 Å². The lowest BCUT2D eigenvalue weighted by molar-refractivity contribution is 0.0696. The number of carboxylic acids is 1. The van der Waals surface area contributed by atoms with Crippen LogP contribution in [0.5, 0.6) is 0 Å². The summed E-state index contributed by atoms with van der Waals surface area (Å²) >= 11 is 0. The van der Waals surface area contributed by atoms with Crippen molar-refractivity contribution < 1.29 is 14.7 Å². The summed E-state index contributed by atoms with van der Waals surface area (Å²) in [6.45, 7) is 0.223. The Kier molecular flexibility index (Phi) is 5.06. The zero-order chi connectivity index (χ0) is 8.97. The van der Waals surface area contributed by atoms with Gasteiger partial charge in [-0.15, -0.1) is 12.4 Å². The topological polar surface area (TPSA) is 72.5 Å². The van der Waals surface area contributed by atoms with Crippen molar-refractivity contribution in [1.82, 2.24) is 0 Å². The van der Waals surface area contributed by atoms with Crippen LogP contribution in [0.15, 0.2) is 24.3 Å². The average molecular weight is 204 g/mol. The number of halogens is 1. The van der Waals surface area contributed by atoms with Gasteiger partial charge in [-0.1, -0.05) is 12.1 Å². The van der Waals surface area contributed by atoms with Gasteiger partial charge in [-0.05, 0) is 17.7 Å². The fourth-order valence-corrected chi connectivity index (χ4v) is 0.890. The Morgan fingerprint density at radius 1 is 1.54 bits per heavy atom. The molecule has 0 aliphatic carbocycles. The minimum Gasteiger partial charge on any atom is -0.478 e. The van der Waals surface area contributed by atoms with Crippen LogP contribution in [0, 0.1) is 0 Å². The van der Waals surface area contributed by atoms with E-state index in [2.05, 4.69) is 4.84 Å². The van der Waals surface area contributed by atoms with Crippen LogP contribution in [0.3, 0.4) is 0 Å². The first-order chi connectivity index (χ1) is 5.74. The molecule has 4 nitrogen and oxygen atoms in total. The summed E-state index contributed by atoms with van der Waals surface area (Å²) < 4.78 is 0. The molecule has 0 atom stereocenters. The van der Waals surface area contributed by atoms with E-state index in [0.717, 1.165) is 5.56 Å². The van der Waals surface area contributed by atoms with E-state index in [-0.39, 0.29) is 24.6 Å². The first-order valence-corrected chi connectivity index (χ1v) is 3.38. The van der Waals surface area contributed by atoms with Gasteiger partial charge in [-0.2, -0.15) is 0 Å². The van der Waals surface area contributed by atoms with Crippen LogP contribution < -0.4 is 5.90 Å². The van der Waals surface area contributed by atoms with E-state index >= 15 is 0 Å². The second-order valence-electron chi connectivity index (χ2n) is 2.32. The molecule has 3 N–H and O–H groups in total. The lowest BCUT2D eigenvalue weighted by Gasteiger charge is -1.99. The number of hydrogen-bond acceptors (Lipinski definition) is 3. The Hall–Kier alpha value is -1.10. The summed E-state index contributed by atoms with van der Waals surface area (Å²) in [6.07, 6.45) is 0. The van der Waals surface area contributed by atoms with Crippen LogP contribution in [-0.2, 0) is 11.4 Å². The van der Waals surface area contributed by atoms with Gasteiger partial charge in [-0.3, -0.25) is 4.84 Å². The van der Waals surface area contributed by atoms with Gasteiger partial charge in [0.1, 0.15) is 0 Å². The highest BCUT2D eigenvalue weighted by molar-refractivity contribution is 5.87. The van der Waals surface area contributed by atoms with Crippen LogP contribution in [0.1, 0.15) is 15.9 Å². The molecule has 0 unspecified atom stereocenters. The van der Waals surface area contributed by atoms with Gasteiger partial charge in [0, 0.05) is 0 Å². The predicted octanol–water partition coefficient (Wildman–Crippen LogP) is 1.20. The normalized spacial score (nSPS) is 9.00. The molecule has 1 rings (SSSR count). The molecule has 72 valence electrons. The third-order valence-electron chi connectivity index (χ3n) is 1.42. The standard InChI is InChI=1S/C8H9NO3.ClH/c9-12-5-6-2-1-3-7(4-6)8(10)11;/h1-4H,5,9H2,(H,10,11);1H. The average Bonchev–Trinajstić information content (AvgIpc) is 2.05. The molecule has 0 radical (unpaired) electrons. The monoisotopic (exact) mass is 203 g/mol.